The lowest BCUT2D eigenvalue weighted by molar-refractivity contribution is -0.145. The Morgan fingerprint density at radius 3 is 2.50 bits per heavy atom. The summed E-state index contributed by atoms with van der Waals surface area (Å²) in [6.07, 6.45) is 1.23. The molecule has 152 valence electrons. The maximum atomic E-state index is 12.9. The molecule has 3 aliphatic heterocycles. The second-order valence-corrected chi connectivity index (χ2v) is 8.18. The lowest BCUT2D eigenvalue weighted by Crippen LogP contribution is -2.57. The van der Waals surface area contributed by atoms with Crippen LogP contribution in [0.25, 0.3) is 0 Å². The Hall–Kier alpha value is -1.96. The quantitative estimate of drug-likeness (QED) is 0.792. The van der Waals surface area contributed by atoms with Crippen molar-refractivity contribution in [1.82, 2.24) is 15.1 Å². The summed E-state index contributed by atoms with van der Waals surface area (Å²) in [6.45, 7) is 4.33. The molecule has 0 radical (unpaired) electrons. The van der Waals surface area contributed by atoms with E-state index in [9.17, 15) is 14.7 Å². The van der Waals surface area contributed by atoms with E-state index in [4.69, 9.17) is 4.74 Å². The number of likely N-dealkylation sites (tertiary alicyclic amines) is 1. The standard InChI is InChI=1S/C21H29N3O4/c25-17-14-21(20(27)22-19(17)16-4-2-1-3-5-16)6-8-23(9-7-21)15-18(26)24-10-12-28-13-11-24/h1-5,17,19,25H,6-15H2,(H,22,27)/t17-,19+/m1/s1. The van der Waals surface area contributed by atoms with E-state index in [-0.39, 0.29) is 17.9 Å². The lowest BCUT2D eigenvalue weighted by atomic mass is 9.69. The third kappa shape index (κ3) is 3.92. The highest BCUT2D eigenvalue weighted by atomic mass is 16.5. The molecule has 0 aliphatic carbocycles. The van der Waals surface area contributed by atoms with Gasteiger partial charge in [-0.1, -0.05) is 30.3 Å². The number of ether oxygens (including phenoxy) is 1. The van der Waals surface area contributed by atoms with Gasteiger partial charge in [-0.25, -0.2) is 0 Å². The number of morpholine rings is 1. The van der Waals surface area contributed by atoms with E-state index in [1.54, 1.807) is 0 Å². The van der Waals surface area contributed by atoms with Gasteiger partial charge in [-0.2, -0.15) is 0 Å². The van der Waals surface area contributed by atoms with Crippen LogP contribution in [-0.4, -0.2) is 78.8 Å². The van der Waals surface area contributed by atoms with E-state index in [2.05, 4.69) is 10.2 Å². The fourth-order valence-corrected chi connectivity index (χ4v) is 4.64. The smallest absolute Gasteiger partial charge is 0.236 e. The minimum Gasteiger partial charge on any atom is -0.391 e. The van der Waals surface area contributed by atoms with Crippen molar-refractivity contribution in [3.05, 3.63) is 35.9 Å². The molecule has 3 heterocycles. The van der Waals surface area contributed by atoms with Gasteiger partial charge in [0.2, 0.25) is 11.8 Å². The van der Waals surface area contributed by atoms with Crippen LogP contribution in [-0.2, 0) is 14.3 Å². The van der Waals surface area contributed by atoms with Gasteiger partial charge in [0.15, 0.2) is 0 Å². The number of hydrogen-bond acceptors (Lipinski definition) is 5. The highest BCUT2D eigenvalue weighted by Gasteiger charge is 2.48. The first-order valence-corrected chi connectivity index (χ1v) is 10.2. The molecule has 0 bridgehead atoms. The van der Waals surface area contributed by atoms with Crippen molar-refractivity contribution in [1.29, 1.82) is 0 Å². The summed E-state index contributed by atoms with van der Waals surface area (Å²) in [5, 5.41) is 13.8. The van der Waals surface area contributed by atoms with Crippen molar-refractivity contribution in [3.8, 4) is 0 Å². The predicted molar refractivity (Wildman–Crippen MR) is 103 cm³/mol. The predicted octanol–water partition coefficient (Wildman–Crippen LogP) is 0.550. The van der Waals surface area contributed by atoms with Crippen molar-refractivity contribution in [2.24, 2.45) is 5.41 Å². The molecule has 1 aromatic rings. The van der Waals surface area contributed by atoms with Crippen LogP contribution >= 0.6 is 0 Å². The molecule has 28 heavy (non-hydrogen) atoms. The molecule has 0 aromatic heterocycles. The minimum absolute atomic E-state index is 0.0332. The number of aliphatic hydroxyl groups excluding tert-OH is 1. The molecule has 1 spiro atoms. The normalized spacial score (nSPS) is 28.2. The van der Waals surface area contributed by atoms with Crippen LogP contribution in [0.2, 0.25) is 0 Å². The van der Waals surface area contributed by atoms with E-state index in [1.165, 1.54) is 0 Å². The summed E-state index contributed by atoms with van der Waals surface area (Å²) < 4.78 is 5.30. The largest absolute Gasteiger partial charge is 0.391 e. The molecule has 3 fully saturated rings. The first kappa shape index (κ1) is 19.4. The van der Waals surface area contributed by atoms with E-state index in [0.717, 1.165) is 5.56 Å². The van der Waals surface area contributed by atoms with Gasteiger partial charge < -0.3 is 20.1 Å². The summed E-state index contributed by atoms with van der Waals surface area (Å²) in [6, 6.07) is 9.29. The van der Waals surface area contributed by atoms with Gasteiger partial charge in [-0.3, -0.25) is 14.5 Å². The highest BCUT2D eigenvalue weighted by Crippen LogP contribution is 2.42. The molecular weight excluding hydrogens is 358 g/mol. The van der Waals surface area contributed by atoms with Crippen LogP contribution in [0, 0.1) is 5.41 Å². The average molecular weight is 387 g/mol. The number of aliphatic hydroxyl groups is 1. The Morgan fingerprint density at radius 1 is 1.14 bits per heavy atom. The van der Waals surface area contributed by atoms with Crippen molar-refractivity contribution in [2.45, 2.75) is 31.4 Å². The molecule has 7 nitrogen and oxygen atoms in total. The number of hydrogen-bond donors (Lipinski definition) is 2. The Balaban J connectivity index is 1.33. The SMILES string of the molecule is O=C(CN1CCC2(CC1)C[C@@H](O)[C@H](c1ccccc1)NC2=O)N1CCOCC1. The fraction of sp³-hybridized carbons (Fsp3) is 0.619. The molecule has 3 saturated heterocycles. The van der Waals surface area contributed by atoms with Crippen LogP contribution in [0.3, 0.4) is 0 Å². The molecule has 4 rings (SSSR count). The highest BCUT2D eigenvalue weighted by molar-refractivity contribution is 5.84. The second-order valence-electron chi connectivity index (χ2n) is 8.18. The van der Waals surface area contributed by atoms with E-state index >= 15 is 0 Å². The van der Waals surface area contributed by atoms with Gasteiger partial charge in [0, 0.05) is 13.1 Å². The zero-order valence-electron chi connectivity index (χ0n) is 16.2. The fourth-order valence-electron chi connectivity index (χ4n) is 4.64. The monoisotopic (exact) mass is 387 g/mol. The van der Waals surface area contributed by atoms with Gasteiger partial charge in [0.1, 0.15) is 0 Å². The first-order valence-electron chi connectivity index (χ1n) is 10.2. The molecule has 2 N–H and O–H groups in total. The Morgan fingerprint density at radius 2 is 1.82 bits per heavy atom. The third-order valence-electron chi connectivity index (χ3n) is 6.45. The molecule has 3 aliphatic rings. The van der Waals surface area contributed by atoms with Crippen LogP contribution in [0.5, 0.6) is 0 Å². The molecule has 2 atom stereocenters. The molecule has 7 heteroatoms. The summed E-state index contributed by atoms with van der Waals surface area (Å²) in [5.74, 6) is 0.169. The number of benzene rings is 1. The minimum atomic E-state index is -0.596. The maximum Gasteiger partial charge on any atom is 0.236 e. The van der Waals surface area contributed by atoms with Gasteiger partial charge in [0.05, 0.1) is 37.3 Å². The van der Waals surface area contributed by atoms with Crippen molar-refractivity contribution < 1.29 is 19.4 Å². The van der Waals surface area contributed by atoms with Crippen LogP contribution < -0.4 is 5.32 Å². The van der Waals surface area contributed by atoms with Gasteiger partial charge in [0.25, 0.3) is 0 Å². The number of rotatable bonds is 3. The van der Waals surface area contributed by atoms with Crippen LogP contribution in [0.4, 0.5) is 0 Å². The molecule has 1 aromatic carbocycles. The zero-order chi connectivity index (χ0) is 19.6. The van der Waals surface area contributed by atoms with Crippen molar-refractivity contribution >= 4 is 11.8 Å². The summed E-state index contributed by atoms with van der Waals surface area (Å²) in [7, 11) is 0. The molecule has 0 unspecified atom stereocenters. The van der Waals surface area contributed by atoms with Gasteiger partial charge >= 0.3 is 0 Å². The van der Waals surface area contributed by atoms with E-state index in [1.807, 2.05) is 35.2 Å². The molecule has 2 amide bonds. The Kier molecular flexibility index (Phi) is 5.66. The van der Waals surface area contributed by atoms with Crippen LogP contribution in [0.1, 0.15) is 30.9 Å². The molecule has 0 saturated carbocycles. The lowest BCUT2D eigenvalue weighted by Gasteiger charge is -2.46. The Labute approximate surface area is 165 Å². The summed E-state index contributed by atoms with van der Waals surface area (Å²) >= 11 is 0. The molecular formula is C21H29N3O4. The van der Waals surface area contributed by atoms with Crippen molar-refractivity contribution in [3.63, 3.8) is 0 Å². The van der Waals surface area contributed by atoms with Gasteiger partial charge in [-0.05, 0) is 37.9 Å². The van der Waals surface area contributed by atoms with E-state index < -0.39 is 11.5 Å². The number of nitrogens with zero attached hydrogens (tertiary/aromatic N) is 2. The average Bonchev–Trinajstić information content (AvgIpc) is 2.73. The van der Waals surface area contributed by atoms with E-state index in [0.29, 0.717) is 65.2 Å². The third-order valence-corrected chi connectivity index (χ3v) is 6.45. The van der Waals surface area contributed by atoms with Gasteiger partial charge in [-0.15, -0.1) is 0 Å². The Bertz CT molecular complexity index is 697. The van der Waals surface area contributed by atoms with Crippen LogP contribution in [0.15, 0.2) is 30.3 Å². The number of amides is 2. The number of piperidine rings is 2. The van der Waals surface area contributed by atoms with Crippen molar-refractivity contribution in [2.75, 3.05) is 45.9 Å². The summed E-state index contributed by atoms with van der Waals surface area (Å²) in [4.78, 5) is 29.4. The summed E-state index contributed by atoms with van der Waals surface area (Å²) in [5.41, 5.74) is 0.412. The second kappa shape index (κ2) is 8.19. The first-order chi connectivity index (χ1) is 13.6. The maximum absolute atomic E-state index is 12.9. The number of carbonyl (C=O) groups excluding carboxylic acids is 2. The topological polar surface area (TPSA) is 82.1 Å². The number of carbonyl (C=O) groups is 2. The number of nitrogens with one attached hydrogen (secondary N) is 1. The zero-order valence-corrected chi connectivity index (χ0v) is 16.2.